The Morgan fingerprint density at radius 3 is 2.53 bits per heavy atom. The minimum Gasteiger partial charge on any atom is -0.348 e. The van der Waals surface area contributed by atoms with Gasteiger partial charge in [-0.2, -0.15) is 0 Å². The van der Waals surface area contributed by atoms with E-state index in [1.807, 2.05) is 60.7 Å². The van der Waals surface area contributed by atoms with E-state index in [-0.39, 0.29) is 17.1 Å². The molecule has 3 aromatic heterocycles. The van der Waals surface area contributed by atoms with E-state index in [9.17, 15) is 9.59 Å². The third kappa shape index (κ3) is 3.84. The summed E-state index contributed by atoms with van der Waals surface area (Å²) in [6.45, 7) is 4.88. The van der Waals surface area contributed by atoms with Gasteiger partial charge in [0.15, 0.2) is 10.9 Å². The molecule has 0 saturated heterocycles. The molecule has 0 saturated carbocycles. The van der Waals surface area contributed by atoms with Gasteiger partial charge in [0, 0.05) is 30.5 Å². The van der Waals surface area contributed by atoms with Crippen molar-refractivity contribution in [2.24, 2.45) is 7.05 Å². The largest absolute Gasteiger partial charge is 0.348 e. The van der Waals surface area contributed by atoms with Crippen LogP contribution in [0, 0.1) is 13.8 Å². The zero-order valence-corrected chi connectivity index (χ0v) is 20.2. The summed E-state index contributed by atoms with van der Waals surface area (Å²) >= 11 is 1.34. The summed E-state index contributed by atoms with van der Waals surface area (Å²) in [6.07, 6.45) is 0.914. The Kier molecular flexibility index (Phi) is 5.83. The average Bonchev–Trinajstić information content (AvgIpc) is 3.41. The summed E-state index contributed by atoms with van der Waals surface area (Å²) in [5.41, 5.74) is 4.70. The van der Waals surface area contributed by atoms with E-state index in [0.29, 0.717) is 16.3 Å². The number of Topliss-reactive ketones (excluding diaryl/α,β-unsaturated/α-hetero) is 1. The van der Waals surface area contributed by atoms with Crippen LogP contribution >= 0.6 is 11.8 Å². The molecule has 0 unspecified atom stereocenters. The Labute approximate surface area is 201 Å². The molecular formula is C26H25N5O2S. The van der Waals surface area contributed by atoms with Crippen molar-refractivity contribution in [1.82, 2.24) is 23.7 Å². The number of thioether (sulfide) groups is 1. The van der Waals surface area contributed by atoms with Crippen LogP contribution in [0.4, 0.5) is 0 Å². The molecule has 172 valence electrons. The van der Waals surface area contributed by atoms with Gasteiger partial charge in [-0.05, 0) is 44.0 Å². The van der Waals surface area contributed by atoms with Crippen LogP contribution < -0.4 is 5.56 Å². The molecule has 7 nitrogen and oxygen atoms in total. The molecule has 0 aliphatic heterocycles. The normalized spacial score (nSPS) is 11.5. The van der Waals surface area contributed by atoms with Crippen LogP contribution in [0.25, 0.3) is 16.7 Å². The van der Waals surface area contributed by atoms with Crippen molar-refractivity contribution in [2.75, 3.05) is 5.75 Å². The van der Waals surface area contributed by atoms with E-state index in [2.05, 4.69) is 26.9 Å². The summed E-state index contributed by atoms with van der Waals surface area (Å²) < 4.78 is 5.54. The quantitative estimate of drug-likeness (QED) is 0.263. The molecular weight excluding hydrogens is 446 g/mol. The number of para-hydroxylation sites is 1. The van der Waals surface area contributed by atoms with Crippen LogP contribution in [0.5, 0.6) is 0 Å². The topological polar surface area (TPSA) is 74.2 Å². The first-order valence-corrected chi connectivity index (χ1v) is 12.1. The molecule has 0 spiro atoms. The van der Waals surface area contributed by atoms with Crippen molar-refractivity contribution in [3.8, 4) is 0 Å². The van der Waals surface area contributed by atoms with Crippen molar-refractivity contribution in [2.45, 2.75) is 32.0 Å². The molecule has 8 heteroatoms. The molecule has 0 amide bonds. The van der Waals surface area contributed by atoms with Crippen LogP contribution in [0.2, 0.25) is 0 Å². The van der Waals surface area contributed by atoms with E-state index >= 15 is 0 Å². The first-order valence-electron chi connectivity index (χ1n) is 11.1. The summed E-state index contributed by atoms with van der Waals surface area (Å²) in [4.78, 5) is 25.8. The number of ketones is 1. The van der Waals surface area contributed by atoms with E-state index < -0.39 is 0 Å². The molecule has 34 heavy (non-hydrogen) atoms. The second-order valence-electron chi connectivity index (χ2n) is 8.38. The predicted octanol–water partition coefficient (Wildman–Crippen LogP) is 4.22. The van der Waals surface area contributed by atoms with Gasteiger partial charge >= 0.3 is 0 Å². The van der Waals surface area contributed by atoms with Gasteiger partial charge < -0.3 is 4.57 Å². The number of benzene rings is 2. The highest BCUT2D eigenvalue weighted by Crippen LogP contribution is 2.24. The first-order chi connectivity index (χ1) is 16.5. The Hall–Kier alpha value is -3.65. The second kappa shape index (κ2) is 8.95. The fourth-order valence-corrected chi connectivity index (χ4v) is 5.25. The van der Waals surface area contributed by atoms with Crippen molar-refractivity contribution >= 4 is 34.2 Å². The lowest BCUT2D eigenvalue weighted by atomic mass is 10.1. The minimum atomic E-state index is -0.119. The van der Waals surface area contributed by atoms with Gasteiger partial charge in [-0.1, -0.05) is 54.2 Å². The van der Waals surface area contributed by atoms with E-state index in [1.54, 1.807) is 13.1 Å². The molecule has 0 atom stereocenters. The Balaban J connectivity index is 1.39. The smallest absolute Gasteiger partial charge is 0.262 e. The van der Waals surface area contributed by atoms with E-state index in [4.69, 9.17) is 0 Å². The minimum absolute atomic E-state index is 0.0509. The monoisotopic (exact) mass is 471 g/mol. The average molecular weight is 472 g/mol. The van der Waals surface area contributed by atoms with Gasteiger partial charge in [-0.25, -0.2) is 0 Å². The summed E-state index contributed by atoms with van der Waals surface area (Å²) in [5, 5.41) is 9.67. The number of hydrogen-bond acceptors (Lipinski definition) is 5. The highest BCUT2D eigenvalue weighted by Gasteiger charge is 2.19. The van der Waals surface area contributed by atoms with E-state index in [0.717, 1.165) is 35.4 Å². The highest BCUT2D eigenvalue weighted by atomic mass is 32.2. The first kappa shape index (κ1) is 22.2. The SMILES string of the molecule is Cc1cc(C(=O)CSc2nnc3n(C)c(=O)c4ccccc4n23)c(C)n1CCc1ccccc1. The third-order valence-electron chi connectivity index (χ3n) is 6.27. The lowest BCUT2D eigenvalue weighted by Crippen LogP contribution is -2.20. The molecule has 0 bridgehead atoms. The number of carbonyl (C=O) groups is 1. The Bertz CT molecular complexity index is 1580. The molecule has 3 heterocycles. The van der Waals surface area contributed by atoms with Crippen molar-refractivity contribution < 1.29 is 4.79 Å². The summed E-state index contributed by atoms with van der Waals surface area (Å²) in [7, 11) is 1.68. The van der Waals surface area contributed by atoms with Crippen molar-refractivity contribution in [3.63, 3.8) is 0 Å². The molecule has 0 N–H and O–H groups in total. The fraction of sp³-hybridized carbons (Fsp3) is 0.231. The zero-order valence-electron chi connectivity index (χ0n) is 19.4. The molecule has 2 aromatic carbocycles. The van der Waals surface area contributed by atoms with Crippen LogP contribution in [0.3, 0.4) is 0 Å². The molecule has 0 aliphatic carbocycles. The van der Waals surface area contributed by atoms with Gasteiger partial charge in [0.2, 0.25) is 5.78 Å². The Morgan fingerprint density at radius 2 is 1.74 bits per heavy atom. The maximum atomic E-state index is 13.2. The predicted molar refractivity (Wildman–Crippen MR) is 135 cm³/mol. The van der Waals surface area contributed by atoms with Crippen LogP contribution in [-0.4, -0.2) is 35.3 Å². The van der Waals surface area contributed by atoms with Gasteiger partial charge in [0.25, 0.3) is 5.56 Å². The second-order valence-corrected chi connectivity index (χ2v) is 9.33. The van der Waals surface area contributed by atoms with Gasteiger partial charge in [0.1, 0.15) is 0 Å². The van der Waals surface area contributed by atoms with E-state index in [1.165, 1.54) is 21.9 Å². The van der Waals surface area contributed by atoms with Crippen LogP contribution in [0.1, 0.15) is 27.3 Å². The van der Waals surface area contributed by atoms with Crippen LogP contribution in [0.15, 0.2) is 70.6 Å². The fourth-order valence-electron chi connectivity index (χ4n) is 4.43. The molecule has 0 fully saturated rings. The highest BCUT2D eigenvalue weighted by molar-refractivity contribution is 7.99. The van der Waals surface area contributed by atoms with Gasteiger partial charge in [-0.15, -0.1) is 10.2 Å². The number of carbonyl (C=O) groups excluding carboxylic acids is 1. The molecule has 5 aromatic rings. The molecule has 5 rings (SSSR count). The number of hydrogen-bond donors (Lipinski definition) is 0. The standard InChI is InChI=1S/C26H25N5O2S/c1-17-15-21(18(2)30(17)14-13-19-9-5-4-6-10-19)23(32)16-34-26-28-27-25-29(3)24(33)20-11-7-8-12-22(20)31(25)26/h4-12,15H,13-14,16H2,1-3H3. The number of aromatic nitrogens is 5. The molecule has 0 aliphatic rings. The Morgan fingerprint density at radius 1 is 1.00 bits per heavy atom. The number of nitrogens with zero attached hydrogens (tertiary/aromatic N) is 5. The number of aryl methyl sites for hydroxylation is 3. The molecule has 0 radical (unpaired) electrons. The number of fused-ring (bicyclic) bond motifs is 3. The lowest BCUT2D eigenvalue weighted by molar-refractivity contribution is 0.102. The number of rotatable bonds is 7. The van der Waals surface area contributed by atoms with Crippen molar-refractivity contribution in [3.05, 3.63) is 93.5 Å². The summed E-state index contributed by atoms with van der Waals surface area (Å²) in [6, 6.07) is 19.7. The maximum Gasteiger partial charge on any atom is 0.262 e. The summed E-state index contributed by atoms with van der Waals surface area (Å²) in [5.74, 6) is 0.744. The van der Waals surface area contributed by atoms with Crippen molar-refractivity contribution in [1.29, 1.82) is 0 Å². The maximum absolute atomic E-state index is 13.2. The third-order valence-corrected chi connectivity index (χ3v) is 7.20. The van der Waals surface area contributed by atoms with Gasteiger partial charge in [0.05, 0.1) is 16.7 Å². The zero-order chi connectivity index (χ0) is 23.8. The van der Waals surface area contributed by atoms with Gasteiger partial charge in [-0.3, -0.25) is 18.6 Å². The lowest BCUT2D eigenvalue weighted by Gasteiger charge is -2.10. The van der Waals surface area contributed by atoms with Crippen LogP contribution in [-0.2, 0) is 20.0 Å².